The highest BCUT2D eigenvalue weighted by atomic mass is 16.5. The lowest BCUT2D eigenvalue weighted by Gasteiger charge is -2.58. The first-order valence-electron chi connectivity index (χ1n) is 13.5. The van der Waals surface area contributed by atoms with E-state index >= 15 is 0 Å². The molecule has 3 aromatic rings. The molecular formula is C30H35N3O5. The molecule has 1 aromatic carbocycles. The van der Waals surface area contributed by atoms with Crippen molar-refractivity contribution in [3.05, 3.63) is 69.4 Å². The predicted octanol–water partition coefficient (Wildman–Crippen LogP) is 3.95. The number of aromatic nitrogens is 3. The predicted molar refractivity (Wildman–Crippen MR) is 142 cm³/mol. The van der Waals surface area contributed by atoms with E-state index in [0.717, 1.165) is 49.2 Å². The van der Waals surface area contributed by atoms with Gasteiger partial charge in [-0.15, -0.1) is 0 Å². The number of carbonyl (C=O) groups is 2. The second-order valence-electron chi connectivity index (χ2n) is 12.0. The summed E-state index contributed by atoms with van der Waals surface area (Å²) in [6.07, 6.45) is 4.55. The van der Waals surface area contributed by atoms with Crippen LogP contribution in [0.1, 0.15) is 66.0 Å². The Hall–Kier alpha value is -3.39. The summed E-state index contributed by atoms with van der Waals surface area (Å²) in [6.45, 7) is 5.22. The summed E-state index contributed by atoms with van der Waals surface area (Å²) in [5.41, 5.74) is 2.24. The first-order valence-corrected chi connectivity index (χ1v) is 13.5. The number of hydrogen-bond acceptors (Lipinski definition) is 5. The quantitative estimate of drug-likeness (QED) is 0.395. The van der Waals surface area contributed by atoms with Crippen molar-refractivity contribution in [2.45, 2.75) is 64.9 Å². The lowest BCUT2D eigenvalue weighted by Crippen LogP contribution is -2.58. The number of benzene rings is 1. The Bertz CT molecular complexity index is 1490. The van der Waals surface area contributed by atoms with Crippen LogP contribution in [0.25, 0.3) is 11.4 Å². The molecule has 4 aliphatic carbocycles. The Morgan fingerprint density at radius 2 is 1.68 bits per heavy atom. The summed E-state index contributed by atoms with van der Waals surface area (Å²) < 4.78 is 10.9. The maximum atomic E-state index is 13.6. The number of aliphatic hydroxyl groups is 1. The van der Waals surface area contributed by atoms with E-state index in [1.165, 1.54) is 0 Å². The van der Waals surface area contributed by atoms with Gasteiger partial charge in [0, 0.05) is 24.0 Å². The van der Waals surface area contributed by atoms with Gasteiger partial charge in [-0.3, -0.25) is 19.1 Å². The zero-order chi connectivity index (χ0) is 27.0. The third-order valence-electron chi connectivity index (χ3n) is 9.28. The SMILES string of the molecule is Cc1cc(C(=O)COC(=O)C23C[C@H]4C[C@@H](CC(O)(C4)C2)C3)c(C)n1-c1c(C)n(C)n(-c2ccccc2)c1=O. The van der Waals surface area contributed by atoms with E-state index in [4.69, 9.17) is 4.74 Å². The topological polar surface area (TPSA) is 95.5 Å². The van der Waals surface area contributed by atoms with Crippen LogP contribution in [0.15, 0.2) is 41.2 Å². The molecule has 200 valence electrons. The number of carbonyl (C=O) groups excluding carboxylic acids is 2. The largest absolute Gasteiger partial charge is 0.457 e. The van der Waals surface area contributed by atoms with Crippen molar-refractivity contribution < 1.29 is 19.4 Å². The Morgan fingerprint density at radius 1 is 1.03 bits per heavy atom. The molecule has 0 aliphatic heterocycles. The van der Waals surface area contributed by atoms with E-state index in [-0.39, 0.29) is 23.9 Å². The highest BCUT2D eigenvalue weighted by Crippen LogP contribution is 2.62. The molecule has 7 rings (SSSR count). The number of Topliss-reactive ketones (excluding diaryl/α,β-unsaturated/α-hetero) is 1. The molecular weight excluding hydrogens is 482 g/mol. The fourth-order valence-electron chi connectivity index (χ4n) is 8.02. The third kappa shape index (κ3) is 3.72. The summed E-state index contributed by atoms with van der Waals surface area (Å²) in [5, 5.41) is 11.0. The van der Waals surface area contributed by atoms with Crippen LogP contribution < -0.4 is 5.56 Å². The van der Waals surface area contributed by atoms with Crippen LogP contribution in [0.2, 0.25) is 0 Å². The fraction of sp³-hybridized carbons (Fsp3) is 0.500. The maximum Gasteiger partial charge on any atom is 0.312 e. The second-order valence-corrected chi connectivity index (χ2v) is 12.0. The average molecular weight is 518 g/mol. The van der Waals surface area contributed by atoms with Gasteiger partial charge in [0.05, 0.1) is 22.4 Å². The van der Waals surface area contributed by atoms with Crippen molar-refractivity contribution in [1.82, 2.24) is 13.9 Å². The number of aryl methyl sites for hydroxylation is 1. The van der Waals surface area contributed by atoms with Gasteiger partial charge in [-0.1, -0.05) is 18.2 Å². The van der Waals surface area contributed by atoms with Crippen molar-refractivity contribution in [3.63, 3.8) is 0 Å². The van der Waals surface area contributed by atoms with E-state index in [9.17, 15) is 19.5 Å². The molecule has 0 unspecified atom stereocenters. The molecule has 0 amide bonds. The van der Waals surface area contributed by atoms with Gasteiger partial charge in [-0.25, -0.2) is 4.68 Å². The number of para-hydroxylation sites is 1. The molecule has 38 heavy (non-hydrogen) atoms. The van der Waals surface area contributed by atoms with Crippen LogP contribution in [-0.2, 0) is 16.6 Å². The smallest absolute Gasteiger partial charge is 0.312 e. The first kappa shape index (κ1) is 24.9. The van der Waals surface area contributed by atoms with Crippen LogP contribution in [-0.4, -0.2) is 43.0 Å². The standard InChI is InChI=1S/C30H35N3O5/c1-18-10-24(19(2)32(18)26-20(3)31(4)33(27(26)35)23-8-6-5-7-9-23)25(34)16-38-28(36)29-12-21-11-22(13-29)15-30(37,14-21)17-29/h5-10,21-22,37H,11-17H2,1-4H3/t21-,22-,29?,30?/m1/s1. The van der Waals surface area contributed by atoms with E-state index in [2.05, 4.69) is 0 Å². The molecule has 1 N–H and O–H groups in total. The van der Waals surface area contributed by atoms with Gasteiger partial charge >= 0.3 is 5.97 Å². The van der Waals surface area contributed by atoms with Crippen LogP contribution >= 0.6 is 0 Å². The highest BCUT2D eigenvalue weighted by molar-refractivity contribution is 5.99. The first-order chi connectivity index (χ1) is 18.0. The molecule has 4 aliphatic rings. The molecule has 0 radical (unpaired) electrons. The van der Waals surface area contributed by atoms with Gasteiger partial charge in [0.1, 0.15) is 5.69 Å². The van der Waals surface area contributed by atoms with E-state index in [0.29, 0.717) is 35.2 Å². The fourth-order valence-corrected chi connectivity index (χ4v) is 8.02. The zero-order valence-electron chi connectivity index (χ0n) is 22.5. The lowest BCUT2D eigenvalue weighted by atomic mass is 9.48. The Balaban J connectivity index is 1.25. The monoisotopic (exact) mass is 517 g/mol. The third-order valence-corrected chi connectivity index (χ3v) is 9.28. The molecule has 4 bridgehead atoms. The highest BCUT2D eigenvalue weighted by Gasteiger charge is 2.61. The zero-order valence-corrected chi connectivity index (χ0v) is 22.5. The summed E-state index contributed by atoms with van der Waals surface area (Å²) in [4.78, 5) is 40.2. The molecule has 2 atom stereocenters. The normalized spacial score (nSPS) is 27.6. The van der Waals surface area contributed by atoms with Crippen molar-refractivity contribution in [1.29, 1.82) is 0 Å². The van der Waals surface area contributed by atoms with E-state index in [1.807, 2.05) is 67.4 Å². The summed E-state index contributed by atoms with van der Waals surface area (Å²) in [6, 6.07) is 11.2. The number of rotatable bonds is 6. The minimum Gasteiger partial charge on any atom is -0.457 e. The van der Waals surface area contributed by atoms with Crippen LogP contribution in [0.3, 0.4) is 0 Å². The average Bonchev–Trinajstić information content (AvgIpc) is 3.26. The van der Waals surface area contributed by atoms with E-state index < -0.39 is 11.0 Å². The Labute approximate surface area is 221 Å². The Morgan fingerprint density at radius 3 is 2.32 bits per heavy atom. The van der Waals surface area contributed by atoms with Crippen molar-refractivity contribution in [2.75, 3.05) is 6.61 Å². The van der Waals surface area contributed by atoms with Gasteiger partial charge in [-0.2, -0.15) is 0 Å². The van der Waals surface area contributed by atoms with Gasteiger partial charge in [0.15, 0.2) is 6.61 Å². The van der Waals surface area contributed by atoms with Gasteiger partial charge < -0.3 is 14.4 Å². The summed E-state index contributed by atoms with van der Waals surface area (Å²) >= 11 is 0. The molecule has 8 heteroatoms. The van der Waals surface area contributed by atoms with Crippen molar-refractivity contribution in [3.8, 4) is 11.4 Å². The summed E-state index contributed by atoms with van der Waals surface area (Å²) in [5.74, 6) is 0.0740. The lowest BCUT2D eigenvalue weighted by molar-refractivity contribution is -0.195. The number of esters is 1. The number of ketones is 1. The molecule has 2 aromatic heterocycles. The number of nitrogens with zero attached hydrogens (tertiary/aromatic N) is 3. The molecule has 0 spiro atoms. The molecule has 2 heterocycles. The Kier molecular flexibility index (Phi) is 5.61. The molecule has 8 nitrogen and oxygen atoms in total. The maximum absolute atomic E-state index is 13.6. The number of ether oxygens (including phenoxy) is 1. The molecule has 4 fully saturated rings. The van der Waals surface area contributed by atoms with Gasteiger partial charge in [0.2, 0.25) is 5.78 Å². The molecule has 0 saturated heterocycles. The van der Waals surface area contributed by atoms with Crippen molar-refractivity contribution in [2.24, 2.45) is 24.3 Å². The van der Waals surface area contributed by atoms with Crippen LogP contribution in [0.4, 0.5) is 0 Å². The minimum atomic E-state index is -0.766. The molecule has 4 saturated carbocycles. The van der Waals surface area contributed by atoms with E-state index in [1.54, 1.807) is 10.7 Å². The second kappa shape index (κ2) is 8.56. The summed E-state index contributed by atoms with van der Waals surface area (Å²) in [7, 11) is 1.84. The van der Waals surface area contributed by atoms with Gasteiger partial charge in [0.25, 0.3) is 5.56 Å². The van der Waals surface area contributed by atoms with Crippen molar-refractivity contribution >= 4 is 11.8 Å². The van der Waals surface area contributed by atoms with Crippen LogP contribution in [0, 0.1) is 38.0 Å². The van der Waals surface area contributed by atoms with Crippen LogP contribution in [0.5, 0.6) is 0 Å². The number of hydrogen-bond donors (Lipinski definition) is 1. The van der Waals surface area contributed by atoms with Gasteiger partial charge in [-0.05, 0) is 89.3 Å². The minimum absolute atomic E-state index is 0.178.